The molecule has 1 N–H and O–H groups in total. The molecular formula is C22H30NO+. The van der Waals surface area contributed by atoms with Crippen molar-refractivity contribution in [3.63, 3.8) is 0 Å². The maximum absolute atomic E-state index is 5.43. The average molecular weight is 324 g/mol. The molecule has 0 aromatic heterocycles. The Labute approximate surface area is 146 Å². The van der Waals surface area contributed by atoms with Crippen LogP contribution in [0.15, 0.2) is 42.5 Å². The molecule has 128 valence electrons. The molecule has 0 radical (unpaired) electrons. The number of aryl methyl sites for hydroxylation is 2. The molecular weight excluding hydrogens is 294 g/mol. The van der Waals surface area contributed by atoms with Crippen molar-refractivity contribution in [2.24, 2.45) is 5.92 Å². The van der Waals surface area contributed by atoms with E-state index in [1.807, 2.05) is 0 Å². The molecule has 2 heteroatoms. The summed E-state index contributed by atoms with van der Waals surface area (Å²) in [4.78, 5) is 1.73. The van der Waals surface area contributed by atoms with Crippen molar-refractivity contribution in [1.29, 1.82) is 0 Å². The first kappa shape index (κ1) is 17.0. The summed E-state index contributed by atoms with van der Waals surface area (Å²) in [6.45, 7) is 8.08. The van der Waals surface area contributed by atoms with Crippen LogP contribution in [-0.4, -0.2) is 20.2 Å². The summed E-state index contributed by atoms with van der Waals surface area (Å²) in [6, 6.07) is 15.5. The Hall–Kier alpha value is -1.80. The molecule has 1 saturated heterocycles. The van der Waals surface area contributed by atoms with E-state index >= 15 is 0 Å². The van der Waals surface area contributed by atoms with Crippen LogP contribution in [0.25, 0.3) is 0 Å². The Morgan fingerprint density at radius 2 is 1.71 bits per heavy atom. The lowest BCUT2D eigenvalue weighted by molar-refractivity contribution is -0.919. The minimum Gasteiger partial charge on any atom is -0.496 e. The Bertz CT molecular complexity index is 657. The van der Waals surface area contributed by atoms with Gasteiger partial charge in [0, 0.05) is 5.56 Å². The number of hydrogen-bond donors (Lipinski definition) is 1. The Morgan fingerprint density at radius 1 is 1.00 bits per heavy atom. The first-order valence-corrected chi connectivity index (χ1v) is 9.17. The number of methoxy groups -OCH3 is 1. The van der Waals surface area contributed by atoms with Gasteiger partial charge >= 0.3 is 0 Å². The highest BCUT2D eigenvalue weighted by atomic mass is 16.5. The number of nitrogens with one attached hydrogen (secondary N) is 1. The van der Waals surface area contributed by atoms with Gasteiger partial charge in [0.2, 0.25) is 0 Å². The normalized spacial score (nSPS) is 20.8. The van der Waals surface area contributed by atoms with Gasteiger partial charge in [0.1, 0.15) is 12.3 Å². The lowest BCUT2D eigenvalue weighted by atomic mass is 9.90. The first-order valence-electron chi connectivity index (χ1n) is 9.17. The summed E-state index contributed by atoms with van der Waals surface area (Å²) in [7, 11) is 1.75. The summed E-state index contributed by atoms with van der Waals surface area (Å²) in [6.07, 6.45) is 3.94. The zero-order valence-corrected chi connectivity index (χ0v) is 15.3. The molecule has 0 unspecified atom stereocenters. The molecule has 24 heavy (non-hydrogen) atoms. The fourth-order valence-electron chi connectivity index (χ4n) is 3.94. The van der Waals surface area contributed by atoms with Crippen molar-refractivity contribution in [3.05, 3.63) is 64.7 Å². The summed E-state index contributed by atoms with van der Waals surface area (Å²) in [5.41, 5.74) is 5.57. The average Bonchev–Trinajstić information content (AvgIpc) is 2.60. The molecule has 3 rings (SSSR count). The molecule has 0 saturated carbocycles. The van der Waals surface area contributed by atoms with Crippen molar-refractivity contribution < 1.29 is 9.64 Å². The van der Waals surface area contributed by atoms with Crippen LogP contribution in [-0.2, 0) is 13.0 Å². The van der Waals surface area contributed by atoms with Crippen molar-refractivity contribution in [3.8, 4) is 5.75 Å². The van der Waals surface area contributed by atoms with E-state index < -0.39 is 0 Å². The van der Waals surface area contributed by atoms with Gasteiger partial charge < -0.3 is 9.64 Å². The predicted octanol–water partition coefficient (Wildman–Crippen LogP) is 3.35. The van der Waals surface area contributed by atoms with E-state index in [2.05, 4.69) is 56.3 Å². The number of likely N-dealkylation sites (tertiary alicyclic amines) is 1. The maximum atomic E-state index is 5.43. The Kier molecular flexibility index (Phi) is 5.57. The van der Waals surface area contributed by atoms with Gasteiger partial charge in [0.25, 0.3) is 0 Å². The van der Waals surface area contributed by atoms with Crippen LogP contribution in [0.3, 0.4) is 0 Å². The number of ether oxygens (including phenoxy) is 1. The molecule has 1 aliphatic heterocycles. The molecule has 1 aliphatic rings. The van der Waals surface area contributed by atoms with Gasteiger partial charge in [-0.25, -0.2) is 0 Å². The van der Waals surface area contributed by atoms with Crippen LogP contribution < -0.4 is 9.64 Å². The van der Waals surface area contributed by atoms with Gasteiger partial charge in [0.15, 0.2) is 0 Å². The second-order valence-electron chi connectivity index (χ2n) is 7.31. The summed E-state index contributed by atoms with van der Waals surface area (Å²) in [5.74, 6) is 1.86. The van der Waals surface area contributed by atoms with Crippen molar-refractivity contribution in [2.45, 2.75) is 39.7 Å². The molecule has 0 bridgehead atoms. The largest absolute Gasteiger partial charge is 0.496 e. The van der Waals surface area contributed by atoms with Crippen LogP contribution in [0.1, 0.15) is 35.1 Å². The third-order valence-electron chi connectivity index (χ3n) is 5.47. The molecule has 2 nitrogen and oxygen atoms in total. The van der Waals surface area contributed by atoms with Crippen LogP contribution in [0, 0.1) is 19.8 Å². The van der Waals surface area contributed by atoms with E-state index in [0.717, 1.165) is 18.2 Å². The Balaban J connectivity index is 1.55. The summed E-state index contributed by atoms with van der Waals surface area (Å²) >= 11 is 0. The van der Waals surface area contributed by atoms with E-state index in [9.17, 15) is 0 Å². The minimum absolute atomic E-state index is 0.856. The second-order valence-corrected chi connectivity index (χ2v) is 7.31. The SMILES string of the molecule is COc1cc(C)c(C[NH+]2CCC(Cc3ccccc3)CC2)cc1C. The van der Waals surface area contributed by atoms with Crippen LogP contribution in [0.5, 0.6) is 5.75 Å². The summed E-state index contributed by atoms with van der Waals surface area (Å²) in [5, 5.41) is 0. The van der Waals surface area contributed by atoms with Gasteiger partial charge in [-0.2, -0.15) is 0 Å². The maximum Gasteiger partial charge on any atom is 0.122 e. The topological polar surface area (TPSA) is 13.7 Å². The van der Waals surface area contributed by atoms with E-state index in [1.165, 1.54) is 54.6 Å². The van der Waals surface area contributed by atoms with E-state index in [-0.39, 0.29) is 0 Å². The third kappa shape index (κ3) is 4.18. The monoisotopic (exact) mass is 324 g/mol. The third-order valence-corrected chi connectivity index (χ3v) is 5.47. The van der Waals surface area contributed by atoms with Crippen LogP contribution in [0.4, 0.5) is 0 Å². The zero-order chi connectivity index (χ0) is 16.9. The highest BCUT2D eigenvalue weighted by Gasteiger charge is 2.23. The zero-order valence-electron chi connectivity index (χ0n) is 15.3. The van der Waals surface area contributed by atoms with Crippen LogP contribution in [0.2, 0.25) is 0 Å². The predicted molar refractivity (Wildman–Crippen MR) is 99.7 cm³/mol. The highest BCUT2D eigenvalue weighted by molar-refractivity contribution is 5.41. The molecule has 0 spiro atoms. The smallest absolute Gasteiger partial charge is 0.122 e. The van der Waals surface area contributed by atoms with Gasteiger partial charge in [-0.1, -0.05) is 30.3 Å². The van der Waals surface area contributed by atoms with E-state index in [1.54, 1.807) is 12.0 Å². The minimum atomic E-state index is 0.856. The standard InChI is InChI=1S/C22H29NO/c1-17-14-22(24-3)18(2)13-21(17)16-23-11-9-20(10-12-23)15-19-7-5-4-6-8-19/h4-8,13-14,20H,9-12,15-16H2,1-3H3/p+1. The van der Waals surface area contributed by atoms with Crippen LogP contribution >= 0.6 is 0 Å². The molecule has 1 fully saturated rings. The summed E-state index contributed by atoms with van der Waals surface area (Å²) < 4.78 is 5.43. The van der Waals surface area contributed by atoms with Crippen molar-refractivity contribution in [1.82, 2.24) is 0 Å². The molecule has 0 amide bonds. The fourth-order valence-corrected chi connectivity index (χ4v) is 3.94. The van der Waals surface area contributed by atoms with E-state index in [0.29, 0.717) is 0 Å². The quantitative estimate of drug-likeness (QED) is 0.890. The lowest BCUT2D eigenvalue weighted by Gasteiger charge is -2.30. The molecule has 0 atom stereocenters. The number of hydrogen-bond acceptors (Lipinski definition) is 1. The molecule has 2 aromatic rings. The number of quaternary nitrogens is 1. The fraction of sp³-hybridized carbons (Fsp3) is 0.455. The number of rotatable bonds is 5. The molecule has 1 heterocycles. The first-order chi connectivity index (χ1) is 11.7. The number of benzene rings is 2. The van der Waals surface area contributed by atoms with Gasteiger partial charge in [-0.15, -0.1) is 0 Å². The molecule has 2 aromatic carbocycles. The lowest BCUT2D eigenvalue weighted by Crippen LogP contribution is -3.11. The Morgan fingerprint density at radius 3 is 2.38 bits per heavy atom. The van der Waals surface area contributed by atoms with Gasteiger partial charge in [0.05, 0.1) is 20.2 Å². The van der Waals surface area contributed by atoms with Gasteiger partial charge in [-0.3, -0.25) is 0 Å². The molecule has 0 aliphatic carbocycles. The van der Waals surface area contributed by atoms with Crippen molar-refractivity contribution in [2.75, 3.05) is 20.2 Å². The van der Waals surface area contributed by atoms with E-state index in [4.69, 9.17) is 4.74 Å². The van der Waals surface area contributed by atoms with Gasteiger partial charge in [-0.05, 0) is 67.9 Å². The highest BCUT2D eigenvalue weighted by Crippen LogP contribution is 2.22. The second kappa shape index (κ2) is 7.85. The van der Waals surface area contributed by atoms with Crippen molar-refractivity contribution >= 4 is 0 Å². The number of piperidine rings is 1.